The standard InChI is InChI=1S/C61H92N10O12S/c1-15-61(82)58(81)66(10)35-48(72)68(12)46(31-38(2)3)51(75)64-53(83-59(7,8)9)52(76)63-45(55(78)71-29-23-18-24-30-71)36-84-37-49(73)69(13)47(33-42-27-21-17-22-28-42)56(79)67(11)40(6)50(74)62-44(32-41-25-19-16-20-26-41)54(77)70(14)60(57(80)65-61)34-43(60)39(4)5/h16-17,19-22,25-28,38-40,43-47,53,82H,15,18,23-24,29-37H2,1-14H3,(H,62,74)(H,63,76)(H,64,75)(H,65,80)/t40-,43-,44-,45-,46-,47-,53-,60?,61+/m0/s1. The van der Waals surface area contributed by atoms with Gasteiger partial charge in [-0.15, -0.1) is 11.8 Å². The van der Waals surface area contributed by atoms with E-state index in [0.717, 1.165) is 46.4 Å². The molecular weight excluding hydrogens is 1100 g/mol. The second-order valence-electron chi connectivity index (χ2n) is 24.5. The zero-order valence-electron chi connectivity index (χ0n) is 51.7. The molecule has 2 aromatic rings. The molecule has 464 valence electrons. The summed E-state index contributed by atoms with van der Waals surface area (Å²) in [5, 5.41) is 23.0. The number of benzene rings is 2. The maximum absolute atomic E-state index is 15.1. The first kappa shape index (κ1) is 68.2. The van der Waals surface area contributed by atoms with Gasteiger partial charge >= 0.3 is 0 Å². The van der Waals surface area contributed by atoms with Gasteiger partial charge in [0.05, 0.1) is 17.9 Å². The van der Waals surface area contributed by atoms with Gasteiger partial charge in [-0.2, -0.15) is 0 Å². The highest BCUT2D eigenvalue weighted by molar-refractivity contribution is 8.00. The molecule has 1 saturated carbocycles. The monoisotopic (exact) mass is 1190 g/mol. The van der Waals surface area contributed by atoms with Gasteiger partial charge in [-0.3, -0.25) is 47.9 Å². The molecule has 1 spiro atoms. The van der Waals surface area contributed by atoms with Crippen LogP contribution < -0.4 is 21.3 Å². The van der Waals surface area contributed by atoms with Crippen molar-refractivity contribution in [2.24, 2.45) is 17.8 Å². The average molecular weight is 1190 g/mol. The first-order valence-electron chi connectivity index (χ1n) is 29.3. The maximum atomic E-state index is 15.1. The Morgan fingerprint density at radius 2 is 1.30 bits per heavy atom. The van der Waals surface area contributed by atoms with Gasteiger partial charge in [-0.1, -0.05) is 95.3 Å². The number of hydrogen-bond donors (Lipinski definition) is 5. The molecule has 0 radical (unpaired) electrons. The third-order valence-corrected chi connectivity index (χ3v) is 17.3. The number of rotatable bonds is 10. The number of piperidine rings is 1. The number of nitrogens with one attached hydrogen (secondary N) is 4. The normalized spacial score (nSPS) is 27.9. The van der Waals surface area contributed by atoms with Crippen LogP contribution in [-0.4, -0.2) is 213 Å². The third-order valence-electron chi connectivity index (χ3n) is 16.3. The first-order valence-corrected chi connectivity index (χ1v) is 30.4. The second kappa shape index (κ2) is 29.5. The lowest BCUT2D eigenvalue weighted by atomic mass is 9.98. The number of hydrogen-bond acceptors (Lipinski definition) is 13. The Hall–Kier alpha value is -6.59. The van der Waals surface area contributed by atoms with Gasteiger partial charge in [0.15, 0.2) is 0 Å². The van der Waals surface area contributed by atoms with Crippen LogP contribution in [0, 0.1) is 17.8 Å². The van der Waals surface area contributed by atoms with Crippen LogP contribution >= 0.6 is 11.8 Å². The Kier molecular flexibility index (Phi) is 23.9. The van der Waals surface area contributed by atoms with Crippen molar-refractivity contribution in [2.75, 3.05) is 66.4 Å². The van der Waals surface area contributed by atoms with Crippen LogP contribution in [0.4, 0.5) is 0 Å². The van der Waals surface area contributed by atoms with Gasteiger partial charge in [0.25, 0.3) is 11.8 Å². The van der Waals surface area contributed by atoms with Crippen LogP contribution in [0.5, 0.6) is 0 Å². The third kappa shape index (κ3) is 17.3. The Labute approximate surface area is 500 Å². The summed E-state index contributed by atoms with van der Waals surface area (Å²) in [5.41, 5.74) is -3.87. The highest BCUT2D eigenvalue weighted by atomic mass is 32.2. The molecule has 9 atom stereocenters. The number of ether oxygens (including phenoxy) is 1. The minimum Gasteiger partial charge on any atom is -0.363 e. The van der Waals surface area contributed by atoms with Gasteiger partial charge in [0.2, 0.25) is 59.2 Å². The van der Waals surface area contributed by atoms with E-state index < -0.39 is 125 Å². The van der Waals surface area contributed by atoms with Crippen LogP contribution in [0.25, 0.3) is 0 Å². The lowest BCUT2D eigenvalue weighted by Crippen LogP contribution is -2.65. The fourth-order valence-electron chi connectivity index (χ4n) is 10.8. The molecule has 0 aromatic heterocycles. The van der Waals surface area contributed by atoms with Crippen LogP contribution in [-0.2, 0) is 65.5 Å². The van der Waals surface area contributed by atoms with E-state index in [1.807, 2.05) is 45.9 Å². The maximum Gasteiger partial charge on any atom is 0.275 e. The van der Waals surface area contributed by atoms with E-state index in [2.05, 4.69) is 21.3 Å². The molecule has 2 aliphatic heterocycles. The summed E-state index contributed by atoms with van der Waals surface area (Å²) in [7, 11) is 6.98. The molecule has 23 heteroatoms. The SMILES string of the molecule is CC[C@]1(O)NC(=O)C2(C[C@H]2C(C)C)N(C)C(=O)[C@H](Cc2ccccc2)NC(=O)[C@H](C)N(C)C(=O)[C@H](Cc2ccccc2)N(C)C(=O)CSC[C@@H](C(=O)N2CCCCC2)NC(=O)[C@H](OC(C)(C)C)NC(=O)[C@H](CC(C)C)N(C)C(=O)CN(C)C1=O. The molecule has 2 heterocycles. The fraction of sp³-hybridized carbons (Fsp3) is 0.639. The Bertz CT molecular complexity index is 2670. The second-order valence-corrected chi connectivity index (χ2v) is 25.6. The van der Waals surface area contributed by atoms with E-state index in [1.54, 1.807) is 68.1 Å². The minimum absolute atomic E-state index is 0.0283. The summed E-state index contributed by atoms with van der Waals surface area (Å²) >= 11 is 1.06. The molecule has 22 nitrogen and oxygen atoms in total. The van der Waals surface area contributed by atoms with Crippen molar-refractivity contribution in [1.82, 2.24) is 50.7 Å². The van der Waals surface area contributed by atoms with E-state index in [4.69, 9.17) is 4.74 Å². The Morgan fingerprint density at radius 3 is 1.83 bits per heavy atom. The van der Waals surface area contributed by atoms with E-state index in [1.165, 1.54) is 63.8 Å². The van der Waals surface area contributed by atoms with Gasteiger partial charge in [-0.25, -0.2) is 0 Å². The van der Waals surface area contributed by atoms with E-state index in [9.17, 15) is 48.3 Å². The topological polar surface area (TPSA) is 268 Å². The summed E-state index contributed by atoms with van der Waals surface area (Å²) in [6.45, 7) is 15.6. The molecule has 5 N–H and O–H groups in total. The molecule has 5 rings (SSSR count). The summed E-state index contributed by atoms with van der Waals surface area (Å²) in [4.78, 5) is 154. The molecule has 2 aromatic carbocycles. The number of likely N-dealkylation sites (tertiary alicyclic amines) is 1. The molecule has 84 heavy (non-hydrogen) atoms. The predicted molar refractivity (Wildman–Crippen MR) is 319 cm³/mol. The van der Waals surface area contributed by atoms with Crippen LogP contribution in [0.2, 0.25) is 0 Å². The Balaban J connectivity index is 1.60. The lowest BCUT2D eigenvalue weighted by Gasteiger charge is -2.37. The van der Waals surface area contributed by atoms with Crippen LogP contribution in [0.3, 0.4) is 0 Å². The molecule has 3 fully saturated rings. The van der Waals surface area contributed by atoms with Crippen LogP contribution in [0.15, 0.2) is 60.7 Å². The van der Waals surface area contributed by atoms with Gasteiger partial charge in [0.1, 0.15) is 35.7 Å². The largest absolute Gasteiger partial charge is 0.363 e. The smallest absolute Gasteiger partial charge is 0.275 e. The van der Waals surface area contributed by atoms with Gasteiger partial charge in [-0.05, 0) is 88.7 Å². The van der Waals surface area contributed by atoms with Crippen molar-refractivity contribution >= 4 is 70.8 Å². The lowest BCUT2D eigenvalue weighted by molar-refractivity contribution is -0.163. The first-order chi connectivity index (χ1) is 39.4. The van der Waals surface area contributed by atoms with Crippen molar-refractivity contribution in [3.63, 3.8) is 0 Å². The Morgan fingerprint density at radius 1 is 0.726 bits per heavy atom. The zero-order chi connectivity index (χ0) is 62.6. The number of carbonyl (C=O) groups is 10. The molecular formula is C61H92N10O12S. The van der Waals surface area contributed by atoms with E-state index >= 15 is 4.79 Å². The molecule has 1 aliphatic carbocycles. The van der Waals surface area contributed by atoms with Crippen molar-refractivity contribution in [2.45, 2.75) is 167 Å². The molecule has 1 unspecified atom stereocenters. The summed E-state index contributed by atoms with van der Waals surface area (Å²) in [6, 6.07) is 11.8. The number of carbonyl (C=O) groups excluding carboxylic acids is 10. The highest BCUT2D eigenvalue weighted by Crippen LogP contribution is 2.53. The van der Waals surface area contributed by atoms with Gasteiger partial charge < -0.3 is 60.5 Å². The predicted octanol–water partition coefficient (Wildman–Crippen LogP) is 2.55. The molecule has 2 saturated heterocycles. The molecule has 3 aliphatic rings. The number of aliphatic hydroxyl groups is 1. The van der Waals surface area contributed by atoms with Crippen LogP contribution in [0.1, 0.15) is 112 Å². The number of nitrogens with zero attached hydrogens (tertiary/aromatic N) is 6. The van der Waals surface area contributed by atoms with Crippen molar-refractivity contribution in [3.05, 3.63) is 71.8 Å². The highest BCUT2D eigenvalue weighted by Gasteiger charge is 2.66. The number of thioether (sulfide) groups is 1. The molecule has 10 amide bonds. The van der Waals surface area contributed by atoms with Crippen molar-refractivity contribution in [1.29, 1.82) is 0 Å². The summed E-state index contributed by atoms with van der Waals surface area (Å²) in [6.07, 6.45) is 0.593. The summed E-state index contributed by atoms with van der Waals surface area (Å²) < 4.78 is 6.16. The van der Waals surface area contributed by atoms with Gasteiger partial charge in [0, 0.05) is 73.3 Å². The molecule has 0 bridgehead atoms. The zero-order valence-corrected chi connectivity index (χ0v) is 52.5. The quantitative estimate of drug-likeness (QED) is 0.229. The minimum atomic E-state index is -2.60. The number of likely N-dealkylation sites (N-methyl/N-ethyl adjacent to an activating group) is 5. The van der Waals surface area contributed by atoms with E-state index in [-0.39, 0.29) is 55.4 Å². The van der Waals surface area contributed by atoms with Crippen molar-refractivity contribution in [3.8, 4) is 0 Å². The van der Waals surface area contributed by atoms with E-state index in [0.29, 0.717) is 18.7 Å². The number of amides is 10. The fourth-order valence-corrected chi connectivity index (χ4v) is 11.8. The summed E-state index contributed by atoms with van der Waals surface area (Å²) in [5.74, 6) is -8.32. The van der Waals surface area contributed by atoms with Crippen molar-refractivity contribution < 1.29 is 57.8 Å². The average Bonchev–Trinajstić information content (AvgIpc) is 1.72.